The van der Waals surface area contributed by atoms with E-state index in [9.17, 15) is 25.3 Å². The number of hydrogen-bond acceptors (Lipinski definition) is 7. The van der Waals surface area contributed by atoms with Gasteiger partial charge >= 0.3 is 5.69 Å². The van der Waals surface area contributed by atoms with Gasteiger partial charge in [-0.3, -0.25) is 25.7 Å². The number of nitro benzene ring substituents is 2. The summed E-state index contributed by atoms with van der Waals surface area (Å²) in [5.41, 5.74) is 1.07. The molecule has 9 atom stereocenters. The molecule has 3 fully saturated rings. The molecule has 0 aliphatic heterocycles. The number of nitrogens with zero attached hydrogens (tertiary/aromatic N) is 3. The number of rotatable bonds is 10. The minimum Gasteiger partial charge on any atom is -0.385 e. The fourth-order valence-electron chi connectivity index (χ4n) is 10.0. The Hall–Kier alpha value is -2.81. The van der Waals surface area contributed by atoms with Crippen molar-refractivity contribution in [2.24, 2.45) is 57.4 Å². The number of anilines is 1. The standard InChI is InChI=1S/C33H48N4O5/c1-21(2)9-8-10-22(3)24-12-13-25-30-26(15-18-31(24,25)4)32(5)16-6-7-17-33(32,38)27(30)20-34-35-28-14-11-23(36(39)40)19-29(28)37(41)42/h7,11,14,17,19-22,24-27,30,35,38H,6,8-10,12-13,15-16,18H2,1-5H3/b34-20+/t22-,24-,25?,26?,27-,30?,31-,32-,33-/m1/s1. The lowest BCUT2D eigenvalue weighted by molar-refractivity contribution is -0.393. The summed E-state index contributed by atoms with van der Waals surface area (Å²) in [6.07, 6.45) is 16.3. The van der Waals surface area contributed by atoms with Crippen LogP contribution in [0.2, 0.25) is 0 Å². The van der Waals surface area contributed by atoms with Gasteiger partial charge in [-0.25, -0.2) is 0 Å². The smallest absolute Gasteiger partial charge is 0.301 e. The van der Waals surface area contributed by atoms with Gasteiger partial charge in [0.05, 0.1) is 21.5 Å². The van der Waals surface area contributed by atoms with Crippen molar-refractivity contribution < 1.29 is 15.0 Å². The van der Waals surface area contributed by atoms with E-state index < -0.39 is 21.1 Å². The summed E-state index contributed by atoms with van der Waals surface area (Å²) < 4.78 is 0. The first-order valence-corrected chi connectivity index (χ1v) is 16.0. The van der Waals surface area contributed by atoms with Crippen molar-refractivity contribution in [2.45, 2.75) is 98.0 Å². The summed E-state index contributed by atoms with van der Waals surface area (Å²) in [5, 5.41) is 39.8. The van der Waals surface area contributed by atoms with Gasteiger partial charge in [0.25, 0.3) is 5.69 Å². The first-order chi connectivity index (χ1) is 19.8. The maximum absolute atomic E-state index is 12.5. The van der Waals surface area contributed by atoms with Crippen LogP contribution in [0.1, 0.15) is 92.4 Å². The van der Waals surface area contributed by atoms with Crippen LogP contribution in [0.5, 0.6) is 0 Å². The van der Waals surface area contributed by atoms with Gasteiger partial charge in [-0.05, 0) is 85.5 Å². The van der Waals surface area contributed by atoms with Crippen molar-refractivity contribution in [2.75, 3.05) is 5.43 Å². The van der Waals surface area contributed by atoms with Crippen LogP contribution in [0.25, 0.3) is 0 Å². The Bertz CT molecular complexity index is 1260. The molecule has 0 aromatic heterocycles. The number of benzene rings is 1. The number of allylic oxidation sites excluding steroid dienone is 1. The number of hydrogen-bond donors (Lipinski definition) is 2. The zero-order valence-corrected chi connectivity index (χ0v) is 25.8. The first kappa shape index (κ1) is 30.6. The Morgan fingerprint density at radius 2 is 1.83 bits per heavy atom. The van der Waals surface area contributed by atoms with Crippen molar-refractivity contribution in [3.8, 4) is 0 Å². The molecule has 42 heavy (non-hydrogen) atoms. The number of nitro groups is 2. The summed E-state index contributed by atoms with van der Waals surface area (Å²) in [6, 6.07) is 3.51. The van der Waals surface area contributed by atoms with E-state index in [1.165, 1.54) is 50.7 Å². The third kappa shape index (κ3) is 4.95. The Morgan fingerprint density at radius 1 is 1.07 bits per heavy atom. The van der Waals surface area contributed by atoms with Crippen LogP contribution in [-0.4, -0.2) is 26.8 Å². The molecule has 9 nitrogen and oxygen atoms in total. The van der Waals surface area contributed by atoms with Crippen molar-refractivity contribution in [3.05, 3.63) is 50.6 Å². The monoisotopic (exact) mass is 580 g/mol. The zero-order chi connectivity index (χ0) is 30.4. The lowest BCUT2D eigenvalue weighted by Crippen LogP contribution is -2.49. The SMILES string of the molecule is CC(C)CCC[C@@H](C)[C@H]1CCC2C3C(CC[C@@]21C)[C@@]1(C)CCC=C[C@@]1(O)[C@@H]3/C=N/Nc1ccc([N+](=O)[O-])cc1[N+](=O)[O-]. The second-order valence-corrected chi connectivity index (χ2v) is 14.6. The summed E-state index contributed by atoms with van der Waals surface area (Å²) in [6.45, 7) is 11.8. The van der Waals surface area contributed by atoms with Gasteiger partial charge in [0.2, 0.25) is 0 Å². The number of hydrazone groups is 1. The number of non-ortho nitro benzene ring substituents is 1. The van der Waals surface area contributed by atoms with Crippen LogP contribution >= 0.6 is 0 Å². The van der Waals surface area contributed by atoms with Crippen molar-refractivity contribution in [1.82, 2.24) is 0 Å². The Labute approximate surface area is 249 Å². The van der Waals surface area contributed by atoms with Gasteiger partial charge in [-0.1, -0.05) is 66.0 Å². The summed E-state index contributed by atoms with van der Waals surface area (Å²) in [4.78, 5) is 21.6. The largest absolute Gasteiger partial charge is 0.385 e. The second kappa shape index (κ2) is 11.4. The Balaban J connectivity index is 1.44. The van der Waals surface area contributed by atoms with E-state index in [-0.39, 0.29) is 34.0 Å². The molecule has 5 rings (SSSR count). The third-order valence-corrected chi connectivity index (χ3v) is 12.2. The highest BCUT2D eigenvalue weighted by Crippen LogP contribution is 2.72. The van der Waals surface area contributed by atoms with E-state index in [1.807, 2.05) is 6.08 Å². The van der Waals surface area contributed by atoms with Crippen LogP contribution in [0.15, 0.2) is 35.5 Å². The van der Waals surface area contributed by atoms with Gasteiger partial charge in [0.1, 0.15) is 5.69 Å². The Kier molecular flexibility index (Phi) is 8.29. The molecule has 4 aliphatic carbocycles. The molecule has 4 aliphatic rings. The normalized spacial score (nSPS) is 37.8. The van der Waals surface area contributed by atoms with E-state index in [2.05, 4.69) is 51.2 Å². The first-order valence-electron chi connectivity index (χ1n) is 16.0. The highest BCUT2D eigenvalue weighted by atomic mass is 16.6. The molecule has 0 saturated heterocycles. The predicted octanol–water partition coefficient (Wildman–Crippen LogP) is 8.14. The van der Waals surface area contributed by atoms with Crippen LogP contribution in [0.4, 0.5) is 17.1 Å². The van der Waals surface area contributed by atoms with E-state index in [1.54, 1.807) is 6.21 Å². The lowest BCUT2D eigenvalue weighted by Gasteiger charge is -2.51. The minimum absolute atomic E-state index is 0.0926. The highest BCUT2D eigenvalue weighted by molar-refractivity contribution is 5.70. The van der Waals surface area contributed by atoms with Crippen LogP contribution in [0.3, 0.4) is 0 Å². The molecule has 1 aromatic carbocycles. The summed E-state index contributed by atoms with van der Waals surface area (Å²) >= 11 is 0. The van der Waals surface area contributed by atoms with E-state index in [4.69, 9.17) is 0 Å². The van der Waals surface area contributed by atoms with Crippen molar-refractivity contribution in [3.63, 3.8) is 0 Å². The van der Waals surface area contributed by atoms with E-state index >= 15 is 0 Å². The molecular formula is C33H48N4O5. The van der Waals surface area contributed by atoms with Crippen molar-refractivity contribution >= 4 is 23.3 Å². The van der Waals surface area contributed by atoms with Crippen molar-refractivity contribution in [1.29, 1.82) is 0 Å². The quantitative estimate of drug-likeness (QED) is 0.124. The number of aliphatic hydroxyl groups is 1. The predicted molar refractivity (Wildman–Crippen MR) is 165 cm³/mol. The molecule has 230 valence electrons. The molecule has 2 N–H and O–H groups in total. The molecular weight excluding hydrogens is 532 g/mol. The maximum Gasteiger partial charge on any atom is 0.301 e. The maximum atomic E-state index is 12.5. The molecule has 1 aromatic rings. The number of nitrogens with one attached hydrogen (secondary N) is 1. The van der Waals surface area contributed by atoms with Crippen LogP contribution in [0, 0.1) is 72.5 Å². The second-order valence-electron chi connectivity index (χ2n) is 14.6. The van der Waals surface area contributed by atoms with E-state index in [0.717, 1.165) is 31.2 Å². The molecule has 0 bridgehead atoms. The average molecular weight is 581 g/mol. The summed E-state index contributed by atoms with van der Waals surface area (Å²) in [5.74, 6) is 2.99. The zero-order valence-electron chi connectivity index (χ0n) is 25.8. The Morgan fingerprint density at radius 3 is 2.52 bits per heavy atom. The average Bonchev–Trinajstić information content (AvgIpc) is 3.38. The van der Waals surface area contributed by atoms with Gasteiger partial charge in [0, 0.05) is 23.6 Å². The third-order valence-electron chi connectivity index (χ3n) is 12.2. The molecule has 3 saturated carbocycles. The highest BCUT2D eigenvalue weighted by Gasteiger charge is 2.70. The molecule has 9 heteroatoms. The fraction of sp³-hybridized carbons (Fsp3) is 0.727. The lowest BCUT2D eigenvalue weighted by atomic mass is 9.53. The number of fused-ring (bicyclic) bond motifs is 5. The van der Waals surface area contributed by atoms with Gasteiger partial charge in [-0.2, -0.15) is 5.10 Å². The van der Waals surface area contributed by atoms with Crippen LogP contribution < -0.4 is 5.43 Å². The topological polar surface area (TPSA) is 131 Å². The fourth-order valence-corrected chi connectivity index (χ4v) is 10.0. The van der Waals surface area contributed by atoms with Gasteiger partial charge in [0.15, 0.2) is 0 Å². The van der Waals surface area contributed by atoms with Gasteiger partial charge < -0.3 is 5.11 Å². The van der Waals surface area contributed by atoms with E-state index in [0.29, 0.717) is 23.7 Å². The molecule has 3 unspecified atom stereocenters. The molecule has 0 radical (unpaired) electrons. The molecule has 0 amide bonds. The van der Waals surface area contributed by atoms with Crippen LogP contribution in [-0.2, 0) is 0 Å². The summed E-state index contributed by atoms with van der Waals surface area (Å²) in [7, 11) is 0. The van der Waals surface area contributed by atoms with Gasteiger partial charge in [-0.15, -0.1) is 0 Å². The molecule has 0 spiro atoms. The molecule has 0 heterocycles. The minimum atomic E-state index is -1.04.